The van der Waals surface area contributed by atoms with Crippen LogP contribution in [0.25, 0.3) is 0 Å². The lowest BCUT2D eigenvalue weighted by atomic mass is 9.98. The van der Waals surface area contributed by atoms with Gasteiger partial charge in [-0.3, -0.25) is 4.98 Å². The highest BCUT2D eigenvalue weighted by atomic mass is 14.9. The largest absolute Gasteiger partial charge is 0.307 e. The van der Waals surface area contributed by atoms with E-state index in [0.717, 1.165) is 6.54 Å². The van der Waals surface area contributed by atoms with Crippen molar-refractivity contribution in [2.45, 2.75) is 19.9 Å². The maximum Gasteiger partial charge on any atom is 0.0577 e. The Balaban J connectivity index is 2.35. The van der Waals surface area contributed by atoms with Gasteiger partial charge in [-0.05, 0) is 36.7 Å². The number of rotatable bonds is 4. The number of aryl methyl sites for hydroxylation is 1. The molecule has 0 amide bonds. The number of benzene rings is 1. The predicted octanol–water partition coefficient (Wildman–Crippen LogP) is 3.09. The molecular formula is C15H18N2. The van der Waals surface area contributed by atoms with Gasteiger partial charge in [-0.25, -0.2) is 0 Å². The molecule has 1 N–H and O–H groups in total. The summed E-state index contributed by atoms with van der Waals surface area (Å²) in [5.41, 5.74) is 3.85. The van der Waals surface area contributed by atoms with Crippen molar-refractivity contribution in [1.82, 2.24) is 10.3 Å². The van der Waals surface area contributed by atoms with Crippen LogP contribution in [0.5, 0.6) is 0 Å². The molecule has 0 aliphatic rings. The first-order chi connectivity index (χ1) is 8.31. The van der Waals surface area contributed by atoms with Crippen molar-refractivity contribution in [2.24, 2.45) is 0 Å². The Labute approximate surface area is 103 Å². The Hall–Kier alpha value is -1.67. The van der Waals surface area contributed by atoms with Crippen molar-refractivity contribution in [3.8, 4) is 0 Å². The fourth-order valence-electron chi connectivity index (χ4n) is 2.04. The van der Waals surface area contributed by atoms with E-state index in [1.54, 1.807) is 0 Å². The van der Waals surface area contributed by atoms with E-state index in [4.69, 9.17) is 0 Å². The monoisotopic (exact) mass is 226 g/mol. The molecule has 1 atom stereocenters. The van der Waals surface area contributed by atoms with Gasteiger partial charge in [-0.1, -0.05) is 36.8 Å². The first-order valence-corrected chi connectivity index (χ1v) is 6.01. The Morgan fingerprint density at radius 1 is 1.12 bits per heavy atom. The van der Waals surface area contributed by atoms with Gasteiger partial charge in [0.1, 0.15) is 0 Å². The molecule has 0 fully saturated rings. The summed E-state index contributed by atoms with van der Waals surface area (Å²) >= 11 is 0. The van der Waals surface area contributed by atoms with Crippen LogP contribution in [0.3, 0.4) is 0 Å². The molecule has 17 heavy (non-hydrogen) atoms. The smallest absolute Gasteiger partial charge is 0.0577 e. The van der Waals surface area contributed by atoms with Gasteiger partial charge < -0.3 is 5.32 Å². The summed E-state index contributed by atoms with van der Waals surface area (Å²) in [5, 5.41) is 3.51. The quantitative estimate of drug-likeness (QED) is 0.866. The Morgan fingerprint density at radius 2 is 1.88 bits per heavy atom. The molecule has 0 radical (unpaired) electrons. The highest BCUT2D eigenvalue weighted by molar-refractivity contribution is 5.33. The van der Waals surface area contributed by atoms with Gasteiger partial charge in [0.25, 0.3) is 0 Å². The van der Waals surface area contributed by atoms with E-state index in [1.807, 2.05) is 12.4 Å². The number of hydrogen-bond donors (Lipinski definition) is 1. The van der Waals surface area contributed by atoms with Crippen molar-refractivity contribution >= 4 is 0 Å². The third-order valence-corrected chi connectivity index (χ3v) is 2.82. The van der Waals surface area contributed by atoms with Crippen molar-refractivity contribution in [3.63, 3.8) is 0 Å². The molecule has 2 aromatic rings. The summed E-state index contributed by atoms with van der Waals surface area (Å²) < 4.78 is 0. The average Bonchev–Trinajstić information content (AvgIpc) is 2.37. The van der Waals surface area contributed by atoms with E-state index in [9.17, 15) is 0 Å². The van der Waals surface area contributed by atoms with Crippen molar-refractivity contribution in [1.29, 1.82) is 0 Å². The SMILES string of the molecule is CCNC(c1ccncc1)c1cccc(C)c1. The van der Waals surface area contributed by atoms with Crippen molar-refractivity contribution in [3.05, 3.63) is 65.5 Å². The molecule has 0 bridgehead atoms. The third-order valence-electron chi connectivity index (χ3n) is 2.82. The van der Waals surface area contributed by atoms with E-state index < -0.39 is 0 Å². The minimum absolute atomic E-state index is 0.253. The van der Waals surface area contributed by atoms with Gasteiger partial charge in [-0.15, -0.1) is 0 Å². The van der Waals surface area contributed by atoms with Gasteiger partial charge in [0.05, 0.1) is 6.04 Å². The van der Waals surface area contributed by atoms with E-state index in [-0.39, 0.29) is 6.04 Å². The van der Waals surface area contributed by atoms with Crippen LogP contribution in [0, 0.1) is 6.92 Å². The Kier molecular flexibility index (Phi) is 3.89. The second-order valence-electron chi connectivity index (χ2n) is 4.19. The summed E-state index contributed by atoms with van der Waals surface area (Å²) in [6.45, 7) is 5.20. The molecule has 0 saturated carbocycles. The molecule has 0 saturated heterocycles. The molecule has 0 aliphatic heterocycles. The fraction of sp³-hybridized carbons (Fsp3) is 0.267. The summed E-state index contributed by atoms with van der Waals surface area (Å²) in [5.74, 6) is 0. The summed E-state index contributed by atoms with van der Waals surface area (Å²) in [6.07, 6.45) is 3.69. The molecular weight excluding hydrogens is 208 g/mol. The molecule has 2 rings (SSSR count). The lowest BCUT2D eigenvalue weighted by Gasteiger charge is -2.19. The lowest BCUT2D eigenvalue weighted by molar-refractivity contribution is 0.629. The van der Waals surface area contributed by atoms with E-state index in [2.05, 4.69) is 60.5 Å². The van der Waals surface area contributed by atoms with Gasteiger partial charge in [0.15, 0.2) is 0 Å². The number of nitrogens with zero attached hydrogens (tertiary/aromatic N) is 1. The molecule has 1 heterocycles. The summed E-state index contributed by atoms with van der Waals surface area (Å²) in [7, 11) is 0. The molecule has 1 unspecified atom stereocenters. The van der Waals surface area contributed by atoms with Gasteiger partial charge in [-0.2, -0.15) is 0 Å². The molecule has 0 aliphatic carbocycles. The van der Waals surface area contributed by atoms with E-state index in [1.165, 1.54) is 16.7 Å². The van der Waals surface area contributed by atoms with Gasteiger partial charge in [0.2, 0.25) is 0 Å². The number of nitrogens with one attached hydrogen (secondary N) is 1. The minimum Gasteiger partial charge on any atom is -0.307 e. The van der Waals surface area contributed by atoms with E-state index in [0.29, 0.717) is 0 Å². The standard InChI is InChI=1S/C15H18N2/c1-3-17-15(13-7-9-16-10-8-13)14-6-4-5-12(2)11-14/h4-11,15,17H,3H2,1-2H3. The van der Waals surface area contributed by atoms with E-state index >= 15 is 0 Å². The maximum atomic E-state index is 4.07. The van der Waals surface area contributed by atoms with Crippen LogP contribution in [-0.4, -0.2) is 11.5 Å². The topological polar surface area (TPSA) is 24.9 Å². The second-order valence-corrected chi connectivity index (χ2v) is 4.19. The molecule has 1 aromatic heterocycles. The maximum absolute atomic E-state index is 4.07. The zero-order valence-electron chi connectivity index (χ0n) is 10.4. The van der Waals surface area contributed by atoms with Crippen LogP contribution in [-0.2, 0) is 0 Å². The Morgan fingerprint density at radius 3 is 2.53 bits per heavy atom. The van der Waals surface area contributed by atoms with Crippen LogP contribution < -0.4 is 5.32 Å². The molecule has 2 nitrogen and oxygen atoms in total. The third kappa shape index (κ3) is 2.92. The molecule has 2 heteroatoms. The van der Waals surface area contributed by atoms with Crippen LogP contribution >= 0.6 is 0 Å². The van der Waals surface area contributed by atoms with Crippen molar-refractivity contribution < 1.29 is 0 Å². The highest BCUT2D eigenvalue weighted by Gasteiger charge is 2.12. The lowest BCUT2D eigenvalue weighted by Crippen LogP contribution is -2.22. The van der Waals surface area contributed by atoms with Crippen molar-refractivity contribution in [2.75, 3.05) is 6.54 Å². The number of hydrogen-bond acceptors (Lipinski definition) is 2. The summed E-state index contributed by atoms with van der Waals surface area (Å²) in [4.78, 5) is 4.07. The zero-order valence-corrected chi connectivity index (χ0v) is 10.4. The first-order valence-electron chi connectivity index (χ1n) is 6.01. The normalized spacial score (nSPS) is 12.4. The predicted molar refractivity (Wildman–Crippen MR) is 70.9 cm³/mol. The second kappa shape index (κ2) is 5.60. The number of aromatic nitrogens is 1. The first kappa shape index (κ1) is 11.8. The van der Waals surface area contributed by atoms with Crippen LogP contribution in [0.4, 0.5) is 0 Å². The summed E-state index contributed by atoms with van der Waals surface area (Å²) in [6, 6.07) is 13.0. The van der Waals surface area contributed by atoms with Crippen LogP contribution in [0.15, 0.2) is 48.8 Å². The highest BCUT2D eigenvalue weighted by Crippen LogP contribution is 2.21. The Bertz CT molecular complexity index is 465. The molecule has 0 spiro atoms. The minimum atomic E-state index is 0.253. The zero-order chi connectivity index (χ0) is 12.1. The van der Waals surface area contributed by atoms with Gasteiger partial charge in [0, 0.05) is 12.4 Å². The fourth-order valence-corrected chi connectivity index (χ4v) is 2.04. The number of pyridine rings is 1. The molecule has 1 aromatic carbocycles. The van der Waals surface area contributed by atoms with Crippen LogP contribution in [0.2, 0.25) is 0 Å². The van der Waals surface area contributed by atoms with Gasteiger partial charge >= 0.3 is 0 Å². The average molecular weight is 226 g/mol. The molecule has 88 valence electrons. The van der Waals surface area contributed by atoms with Crippen LogP contribution in [0.1, 0.15) is 29.7 Å².